The largest absolute Gasteiger partial charge is 0.493 e. The molecule has 224 valence electrons. The molecule has 3 aromatic rings. The van der Waals surface area contributed by atoms with E-state index in [2.05, 4.69) is 5.32 Å². The molecule has 2 aliphatic rings. The lowest BCUT2D eigenvalue weighted by atomic mass is 9.64. The number of hydrogen-bond acceptors (Lipinski definition) is 9. The molecule has 10 heteroatoms. The van der Waals surface area contributed by atoms with Gasteiger partial charge in [0.25, 0.3) is 0 Å². The summed E-state index contributed by atoms with van der Waals surface area (Å²) in [4.78, 5) is 14.1. The van der Waals surface area contributed by atoms with Crippen molar-refractivity contribution in [3.8, 4) is 34.5 Å². The van der Waals surface area contributed by atoms with Crippen molar-refractivity contribution in [2.24, 2.45) is 11.8 Å². The van der Waals surface area contributed by atoms with E-state index in [4.69, 9.17) is 28.4 Å². The summed E-state index contributed by atoms with van der Waals surface area (Å²) in [7, 11) is 4.57. The first-order valence-corrected chi connectivity index (χ1v) is 13.8. The number of amides is 1. The van der Waals surface area contributed by atoms with Crippen molar-refractivity contribution >= 4 is 5.91 Å². The highest BCUT2D eigenvalue weighted by Gasteiger charge is 2.47. The summed E-state index contributed by atoms with van der Waals surface area (Å²) in [6.07, 6.45) is -1.07. The second kappa shape index (κ2) is 12.4. The maximum Gasteiger partial charge on any atom is 0.231 e. The molecule has 0 bridgehead atoms. The Morgan fingerprint density at radius 3 is 2.12 bits per heavy atom. The van der Waals surface area contributed by atoms with Gasteiger partial charge < -0.3 is 44.0 Å². The second-order valence-corrected chi connectivity index (χ2v) is 10.6. The molecule has 1 amide bonds. The van der Waals surface area contributed by atoms with Crippen LogP contribution in [0.25, 0.3) is 0 Å². The molecule has 0 saturated heterocycles. The third kappa shape index (κ3) is 5.52. The summed E-state index contributed by atoms with van der Waals surface area (Å²) >= 11 is 0. The van der Waals surface area contributed by atoms with Gasteiger partial charge >= 0.3 is 0 Å². The van der Waals surface area contributed by atoms with Crippen LogP contribution in [0.1, 0.15) is 48.1 Å². The van der Waals surface area contributed by atoms with E-state index in [-0.39, 0.29) is 25.3 Å². The zero-order valence-corrected chi connectivity index (χ0v) is 24.4. The van der Waals surface area contributed by atoms with Gasteiger partial charge in [0.15, 0.2) is 23.0 Å². The van der Waals surface area contributed by atoms with E-state index in [0.717, 1.165) is 11.3 Å². The Hall–Kier alpha value is -4.15. The number of benzene rings is 3. The number of nitrogens with one attached hydrogen (secondary N) is 1. The van der Waals surface area contributed by atoms with Crippen LogP contribution < -0.4 is 33.7 Å². The molecule has 1 heterocycles. The molecular weight excluding hydrogens is 542 g/mol. The van der Waals surface area contributed by atoms with E-state index in [1.165, 1.54) is 21.3 Å². The number of carbonyl (C=O) groups is 1. The summed E-state index contributed by atoms with van der Waals surface area (Å²) in [5.74, 6) is 0.414. The van der Waals surface area contributed by atoms with Crippen molar-refractivity contribution in [1.82, 2.24) is 5.32 Å². The Bertz CT molecular complexity index is 1400. The van der Waals surface area contributed by atoms with Gasteiger partial charge in [-0.3, -0.25) is 4.79 Å². The minimum absolute atomic E-state index is 0.0527. The number of aliphatic hydroxyl groups excluding tert-OH is 2. The van der Waals surface area contributed by atoms with Crippen LogP contribution in [0.15, 0.2) is 48.5 Å². The lowest BCUT2D eigenvalue weighted by Gasteiger charge is -2.41. The van der Waals surface area contributed by atoms with E-state index in [1.807, 2.05) is 38.1 Å². The number of aliphatic hydroxyl groups is 2. The highest BCUT2D eigenvalue weighted by atomic mass is 16.7. The van der Waals surface area contributed by atoms with Crippen LogP contribution in [-0.4, -0.2) is 57.0 Å². The Morgan fingerprint density at radius 1 is 0.952 bits per heavy atom. The van der Waals surface area contributed by atoms with Gasteiger partial charge in [-0.1, -0.05) is 12.1 Å². The van der Waals surface area contributed by atoms with Crippen molar-refractivity contribution < 1.29 is 43.4 Å². The molecule has 1 aliphatic carbocycles. The zero-order chi connectivity index (χ0) is 30.0. The van der Waals surface area contributed by atoms with Crippen molar-refractivity contribution in [2.45, 2.75) is 38.5 Å². The monoisotopic (exact) mass is 579 g/mol. The third-order valence-electron chi connectivity index (χ3n) is 7.78. The molecule has 3 aromatic carbocycles. The van der Waals surface area contributed by atoms with Crippen LogP contribution >= 0.6 is 0 Å². The van der Waals surface area contributed by atoms with E-state index < -0.39 is 30.5 Å². The van der Waals surface area contributed by atoms with E-state index in [9.17, 15) is 15.0 Å². The molecule has 0 radical (unpaired) electrons. The van der Waals surface area contributed by atoms with Crippen LogP contribution in [-0.2, 0) is 11.3 Å². The number of fused-ring (bicyclic) bond motifs is 2. The van der Waals surface area contributed by atoms with E-state index in [1.54, 1.807) is 24.3 Å². The molecular formula is C32H37NO9. The van der Waals surface area contributed by atoms with Crippen molar-refractivity contribution in [3.05, 3.63) is 70.8 Å². The number of carbonyl (C=O) groups excluding carboxylic acids is 1. The summed E-state index contributed by atoms with van der Waals surface area (Å²) in [5.41, 5.74) is 2.80. The molecule has 0 fully saturated rings. The standard InChI is InChI=1S/C32H37NO9/c1-17(2)42-20-8-6-18(7-9-20)14-33-32(36)29-23(15-34)30(35)22-13-25-24(40-16-41-25)12-21(22)28(29)19-10-26(37-3)31(39-5)27(11-19)38-4/h6-13,17,23,28-30,34-35H,14-16H2,1-5H3,(H,33,36)/t23-,28+,29-,30-/m0/s1. The fraction of sp³-hybridized carbons (Fsp3) is 0.406. The van der Waals surface area contributed by atoms with Gasteiger partial charge in [0.1, 0.15) is 5.75 Å². The lowest BCUT2D eigenvalue weighted by Crippen LogP contribution is -2.45. The quantitative estimate of drug-likeness (QED) is 0.328. The average molecular weight is 580 g/mol. The molecule has 0 aromatic heterocycles. The summed E-state index contributed by atoms with van der Waals surface area (Å²) in [5, 5.41) is 25.1. The maximum atomic E-state index is 14.1. The minimum Gasteiger partial charge on any atom is -0.493 e. The Morgan fingerprint density at radius 2 is 1.57 bits per heavy atom. The van der Waals surface area contributed by atoms with E-state index in [0.29, 0.717) is 45.4 Å². The van der Waals surface area contributed by atoms with E-state index >= 15 is 0 Å². The van der Waals surface area contributed by atoms with Crippen molar-refractivity contribution in [1.29, 1.82) is 0 Å². The van der Waals surface area contributed by atoms with Crippen molar-refractivity contribution in [3.63, 3.8) is 0 Å². The Labute approximate surface area is 245 Å². The maximum absolute atomic E-state index is 14.1. The normalized spacial score (nSPS) is 20.6. The summed E-state index contributed by atoms with van der Waals surface area (Å²) < 4.78 is 33.7. The van der Waals surface area contributed by atoms with Crippen molar-refractivity contribution in [2.75, 3.05) is 34.7 Å². The Kier molecular flexibility index (Phi) is 8.65. The van der Waals surface area contributed by atoms with Crippen LogP contribution in [0.3, 0.4) is 0 Å². The van der Waals surface area contributed by atoms with Gasteiger partial charge in [0.05, 0.1) is 39.5 Å². The number of methoxy groups -OCH3 is 3. The van der Waals surface area contributed by atoms with Gasteiger partial charge in [-0.15, -0.1) is 0 Å². The lowest BCUT2D eigenvalue weighted by molar-refractivity contribution is -0.131. The Balaban J connectivity index is 1.57. The summed E-state index contributed by atoms with van der Waals surface area (Å²) in [6.45, 7) is 3.80. The van der Waals surface area contributed by atoms with Crippen LogP contribution in [0.5, 0.6) is 34.5 Å². The topological polar surface area (TPSA) is 125 Å². The fourth-order valence-corrected chi connectivity index (χ4v) is 5.86. The summed E-state index contributed by atoms with van der Waals surface area (Å²) in [6, 6.07) is 14.6. The molecule has 0 saturated carbocycles. The first-order valence-electron chi connectivity index (χ1n) is 13.8. The number of hydrogen-bond donors (Lipinski definition) is 3. The SMILES string of the molecule is COc1cc([C@@H]2c3cc4c(cc3[C@H](O)[C@@H](CO)[C@@H]2C(=O)NCc2ccc(OC(C)C)cc2)OCO4)cc(OC)c1OC. The first kappa shape index (κ1) is 29.3. The predicted molar refractivity (Wildman–Crippen MR) is 154 cm³/mol. The third-order valence-corrected chi connectivity index (χ3v) is 7.78. The van der Waals surface area contributed by atoms with Gasteiger partial charge in [-0.25, -0.2) is 0 Å². The average Bonchev–Trinajstić information content (AvgIpc) is 3.46. The van der Waals surface area contributed by atoms with Gasteiger partial charge in [0.2, 0.25) is 18.4 Å². The number of ether oxygens (including phenoxy) is 6. The first-order chi connectivity index (χ1) is 20.3. The van der Waals surface area contributed by atoms with Crippen LogP contribution in [0.4, 0.5) is 0 Å². The molecule has 3 N–H and O–H groups in total. The van der Waals surface area contributed by atoms with Gasteiger partial charge in [-0.05, 0) is 72.5 Å². The molecule has 0 unspecified atom stereocenters. The zero-order valence-electron chi connectivity index (χ0n) is 24.4. The molecule has 10 nitrogen and oxygen atoms in total. The predicted octanol–water partition coefficient (Wildman–Crippen LogP) is 3.95. The second-order valence-electron chi connectivity index (χ2n) is 10.6. The van der Waals surface area contributed by atoms with Gasteiger partial charge in [0, 0.05) is 25.0 Å². The smallest absolute Gasteiger partial charge is 0.231 e. The van der Waals surface area contributed by atoms with Gasteiger partial charge in [-0.2, -0.15) is 0 Å². The molecule has 42 heavy (non-hydrogen) atoms. The molecule has 1 aliphatic heterocycles. The number of rotatable bonds is 10. The fourth-order valence-electron chi connectivity index (χ4n) is 5.86. The van der Waals surface area contributed by atoms with Crippen LogP contribution in [0.2, 0.25) is 0 Å². The highest BCUT2D eigenvalue weighted by Crippen LogP contribution is 2.53. The highest BCUT2D eigenvalue weighted by molar-refractivity contribution is 5.82. The molecule has 0 spiro atoms. The molecule has 4 atom stereocenters. The molecule has 5 rings (SSSR count). The minimum atomic E-state index is -1.12. The van der Waals surface area contributed by atoms with Crippen LogP contribution in [0, 0.1) is 11.8 Å².